The molecule has 4 heteroatoms. The van der Waals surface area contributed by atoms with E-state index < -0.39 is 6.03 Å². The van der Waals surface area contributed by atoms with Gasteiger partial charge >= 0.3 is 6.03 Å². The number of hydrogen-bond acceptors (Lipinski definition) is 2. The number of hydrazone groups is 1. The number of amides is 2. The third-order valence-corrected chi connectivity index (χ3v) is 1.76. The van der Waals surface area contributed by atoms with Gasteiger partial charge in [0.2, 0.25) is 0 Å². The Morgan fingerprint density at radius 3 is 2.38 bits per heavy atom. The van der Waals surface area contributed by atoms with Crippen molar-refractivity contribution in [2.24, 2.45) is 16.3 Å². The van der Waals surface area contributed by atoms with Crippen LogP contribution in [0.25, 0.3) is 0 Å². The van der Waals surface area contributed by atoms with Crippen LogP contribution in [0.1, 0.15) is 27.7 Å². The molecule has 0 aliphatic heterocycles. The normalized spacial score (nSPS) is 13.4. The smallest absolute Gasteiger partial charge is 0.332 e. The summed E-state index contributed by atoms with van der Waals surface area (Å²) in [5.41, 5.74) is 8.23. The van der Waals surface area contributed by atoms with E-state index in [0.29, 0.717) is 0 Å². The molecule has 3 N–H and O–H groups in total. The van der Waals surface area contributed by atoms with Crippen LogP contribution in [-0.2, 0) is 0 Å². The second-order valence-corrected chi connectivity index (χ2v) is 3.85. The van der Waals surface area contributed by atoms with Crippen molar-refractivity contribution in [1.29, 1.82) is 0 Å². The molecule has 0 spiro atoms. The summed E-state index contributed by atoms with van der Waals surface area (Å²) in [4.78, 5) is 10.2. The molecule has 0 aromatic carbocycles. The Morgan fingerprint density at radius 1 is 1.46 bits per heavy atom. The number of carbonyl (C=O) groups is 1. The third-order valence-electron chi connectivity index (χ3n) is 1.76. The van der Waals surface area contributed by atoms with Gasteiger partial charge in [0.25, 0.3) is 0 Å². The summed E-state index contributed by atoms with van der Waals surface area (Å²) >= 11 is 0. The average molecular weight is 183 g/mol. The summed E-state index contributed by atoms with van der Waals surface area (Å²) in [5, 5.41) is 3.60. The molecule has 13 heavy (non-hydrogen) atoms. The highest BCUT2D eigenvalue weighted by atomic mass is 16.2. The van der Waals surface area contributed by atoms with E-state index >= 15 is 0 Å². The maximum Gasteiger partial charge on any atom is 0.332 e. The monoisotopic (exact) mass is 183 g/mol. The molecule has 0 aromatic heterocycles. The van der Waals surface area contributed by atoms with Crippen molar-refractivity contribution in [3.63, 3.8) is 0 Å². The van der Waals surface area contributed by atoms with Crippen molar-refractivity contribution in [1.82, 2.24) is 5.43 Å². The van der Waals surface area contributed by atoms with Gasteiger partial charge in [-0.1, -0.05) is 26.3 Å². The van der Waals surface area contributed by atoms with Crippen LogP contribution in [0, 0.1) is 5.41 Å². The van der Waals surface area contributed by atoms with Crippen LogP contribution in [0.4, 0.5) is 4.79 Å². The summed E-state index contributed by atoms with van der Waals surface area (Å²) in [6.45, 7) is 8.33. The summed E-state index contributed by atoms with van der Waals surface area (Å²) in [5.74, 6) is 0. The van der Waals surface area contributed by atoms with Crippen molar-refractivity contribution < 1.29 is 4.79 Å². The maximum absolute atomic E-state index is 10.2. The first-order valence-electron chi connectivity index (χ1n) is 4.10. The fourth-order valence-electron chi connectivity index (χ4n) is 0.500. The molecule has 0 rings (SSSR count). The Morgan fingerprint density at radius 2 is 2.00 bits per heavy atom. The van der Waals surface area contributed by atoms with Crippen LogP contribution < -0.4 is 11.2 Å². The highest BCUT2D eigenvalue weighted by Gasteiger charge is 2.10. The average Bonchev–Trinajstić information content (AvgIpc) is 1.95. The molecule has 74 valence electrons. The van der Waals surface area contributed by atoms with Crippen LogP contribution >= 0.6 is 0 Å². The third kappa shape index (κ3) is 5.90. The number of nitrogens with one attached hydrogen (secondary N) is 1. The van der Waals surface area contributed by atoms with Crippen LogP contribution in [0.2, 0.25) is 0 Å². The van der Waals surface area contributed by atoms with E-state index in [1.165, 1.54) is 11.8 Å². The molecule has 0 saturated carbocycles. The molecule has 0 aliphatic rings. The van der Waals surface area contributed by atoms with Crippen LogP contribution in [0.3, 0.4) is 0 Å². The first-order valence-corrected chi connectivity index (χ1v) is 4.10. The standard InChI is InChI=1S/C9H17N3O/c1-7(9(2,3)4)5-6-11-12-8(10)13/h5-6H,1-4H3,(H3,10,12,13). The predicted octanol–water partition coefficient (Wildman–Crippen LogP) is 1.63. The van der Waals surface area contributed by atoms with E-state index in [1.54, 1.807) is 0 Å². The van der Waals surface area contributed by atoms with Gasteiger partial charge in [0.1, 0.15) is 0 Å². The first-order chi connectivity index (χ1) is 5.84. The minimum Gasteiger partial charge on any atom is -0.350 e. The molecule has 0 bridgehead atoms. The highest BCUT2D eigenvalue weighted by Crippen LogP contribution is 2.23. The number of rotatable bonds is 2. The van der Waals surface area contributed by atoms with E-state index in [-0.39, 0.29) is 5.41 Å². The van der Waals surface area contributed by atoms with Gasteiger partial charge in [0.05, 0.1) is 0 Å². The Kier molecular flexibility index (Phi) is 4.17. The number of carbonyl (C=O) groups excluding carboxylic acids is 1. The number of allylic oxidation sites excluding steroid dienone is 2. The van der Waals surface area contributed by atoms with Gasteiger partial charge in [0.15, 0.2) is 0 Å². The second-order valence-electron chi connectivity index (χ2n) is 3.85. The van der Waals surface area contributed by atoms with E-state index in [9.17, 15) is 4.79 Å². The number of primary amides is 1. The fraction of sp³-hybridized carbons (Fsp3) is 0.556. The Balaban J connectivity index is 4.12. The molecule has 0 heterocycles. The van der Waals surface area contributed by atoms with Gasteiger partial charge in [-0.2, -0.15) is 5.10 Å². The van der Waals surface area contributed by atoms with Gasteiger partial charge in [0, 0.05) is 6.21 Å². The second kappa shape index (κ2) is 4.64. The molecule has 0 aromatic rings. The van der Waals surface area contributed by atoms with E-state index in [0.717, 1.165) is 0 Å². The topological polar surface area (TPSA) is 67.5 Å². The minimum atomic E-state index is -0.655. The van der Waals surface area contributed by atoms with Gasteiger partial charge in [-0.15, -0.1) is 0 Å². The number of hydrogen-bond donors (Lipinski definition) is 2. The molecule has 2 amide bonds. The van der Waals surface area contributed by atoms with Crippen LogP contribution in [0.15, 0.2) is 16.8 Å². The lowest BCUT2D eigenvalue weighted by atomic mass is 9.88. The van der Waals surface area contributed by atoms with Gasteiger partial charge in [-0.05, 0) is 18.4 Å². The van der Waals surface area contributed by atoms with Crippen molar-refractivity contribution in [3.05, 3.63) is 11.6 Å². The number of nitrogens with two attached hydrogens (primary N) is 1. The Bertz CT molecular complexity index is 236. The van der Waals surface area contributed by atoms with Gasteiger partial charge in [-0.3, -0.25) is 0 Å². The largest absolute Gasteiger partial charge is 0.350 e. The fourth-order valence-corrected chi connectivity index (χ4v) is 0.500. The lowest BCUT2D eigenvalue weighted by molar-refractivity contribution is 0.249. The zero-order valence-electron chi connectivity index (χ0n) is 8.59. The van der Waals surface area contributed by atoms with Crippen molar-refractivity contribution in [3.8, 4) is 0 Å². The Hall–Kier alpha value is -1.32. The van der Waals surface area contributed by atoms with Crippen molar-refractivity contribution in [2.75, 3.05) is 0 Å². The molecule has 0 fully saturated rings. The molecular weight excluding hydrogens is 166 g/mol. The SMILES string of the molecule is CC(=CC=NNC(N)=O)C(C)(C)C. The predicted molar refractivity (Wildman–Crippen MR) is 54.4 cm³/mol. The van der Waals surface area contributed by atoms with Crippen LogP contribution in [0.5, 0.6) is 0 Å². The lowest BCUT2D eigenvalue weighted by Gasteiger charge is -2.18. The summed E-state index contributed by atoms with van der Waals surface area (Å²) in [7, 11) is 0. The summed E-state index contributed by atoms with van der Waals surface area (Å²) in [6, 6.07) is -0.655. The zero-order chi connectivity index (χ0) is 10.5. The molecular formula is C9H17N3O. The molecule has 0 atom stereocenters. The zero-order valence-corrected chi connectivity index (χ0v) is 8.59. The summed E-state index contributed by atoms with van der Waals surface area (Å²) in [6.07, 6.45) is 3.36. The molecule has 0 aliphatic carbocycles. The van der Waals surface area contributed by atoms with Crippen molar-refractivity contribution >= 4 is 12.2 Å². The molecule has 0 radical (unpaired) electrons. The minimum absolute atomic E-state index is 0.124. The van der Waals surface area contributed by atoms with Crippen LogP contribution in [-0.4, -0.2) is 12.2 Å². The number of nitrogens with zero attached hydrogens (tertiary/aromatic N) is 1. The van der Waals surface area contributed by atoms with E-state index in [2.05, 4.69) is 31.3 Å². The highest BCUT2D eigenvalue weighted by molar-refractivity contribution is 5.76. The molecule has 0 unspecified atom stereocenters. The van der Waals surface area contributed by atoms with E-state index in [1.807, 2.05) is 13.0 Å². The molecule has 0 saturated heterocycles. The number of urea groups is 1. The lowest BCUT2D eigenvalue weighted by Crippen LogP contribution is -2.24. The van der Waals surface area contributed by atoms with Gasteiger partial charge in [-0.25, -0.2) is 10.2 Å². The maximum atomic E-state index is 10.2. The van der Waals surface area contributed by atoms with Gasteiger partial charge < -0.3 is 5.73 Å². The first kappa shape index (κ1) is 11.7. The molecule has 4 nitrogen and oxygen atoms in total. The quantitative estimate of drug-likeness (QED) is 0.496. The summed E-state index contributed by atoms with van der Waals surface area (Å²) < 4.78 is 0. The van der Waals surface area contributed by atoms with E-state index in [4.69, 9.17) is 5.73 Å². The Labute approximate surface area is 78.9 Å². The van der Waals surface area contributed by atoms with Crippen molar-refractivity contribution in [2.45, 2.75) is 27.7 Å².